The Morgan fingerprint density at radius 2 is 1.88 bits per heavy atom. The fraction of sp³-hybridized carbons (Fsp3) is 0.588. The number of nitrogens with one attached hydrogen (secondary N) is 1. The van der Waals surface area contributed by atoms with Gasteiger partial charge in [0.2, 0.25) is 0 Å². The van der Waals surface area contributed by atoms with Crippen LogP contribution in [-0.2, 0) is 17.5 Å². The minimum Gasteiger partial charge on any atom is -0.380 e. The first kappa shape index (κ1) is 22.0. The molecule has 1 heterocycles. The molecular formula is C17H25F3IN3O. The van der Waals surface area contributed by atoms with E-state index in [4.69, 9.17) is 4.74 Å². The molecule has 0 atom stereocenters. The van der Waals surface area contributed by atoms with E-state index in [2.05, 4.69) is 17.2 Å². The van der Waals surface area contributed by atoms with Gasteiger partial charge in [0.1, 0.15) is 0 Å². The Morgan fingerprint density at radius 3 is 2.32 bits per heavy atom. The molecule has 0 spiro atoms. The van der Waals surface area contributed by atoms with Crippen LogP contribution in [0, 0.1) is 5.41 Å². The predicted molar refractivity (Wildman–Crippen MR) is 103 cm³/mol. The van der Waals surface area contributed by atoms with Crippen LogP contribution in [0.15, 0.2) is 29.3 Å². The Kier molecular flexibility index (Phi) is 7.98. The van der Waals surface area contributed by atoms with Crippen molar-refractivity contribution in [1.29, 1.82) is 0 Å². The molecule has 1 fully saturated rings. The van der Waals surface area contributed by atoms with Gasteiger partial charge < -0.3 is 15.0 Å². The van der Waals surface area contributed by atoms with Gasteiger partial charge >= 0.3 is 6.18 Å². The lowest BCUT2D eigenvalue weighted by Gasteiger charge is -2.37. The van der Waals surface area contributed by atoms with E-state index in [0.717, 1.165) is 30.2 Å². The fourth-order valence-corrected chi connectivity index (χ4v) is 2.43. The number of alkyl halides is 3. The SMILES string of the molecule is CCNC(=NCC1(C)COC1)N(C)Cc1ccc(C(F)(F)F)cc1.I. The Labute approximate surface area is 163 Å². The second-order valence-electron chi connectivity index (χ2n) is 6.52. The van der Waals surface area contributed by atoms with E-state index in [1.54, 1.807) is 0 Å². The van der Waals surface area contributed by atoms with Gasteiger partial charge in [-0.3, -0.25) is 4.99 Å². The molecule has 0 saturated carbocycles. The Bertz CT molecular complexity index is 571. The highest BCUT2D eigenvalue weighted by Crippen LogP contribution is 2.29. The highest BCUT2D eigenvalue weighted by Gasteiger charge is 2.33. The quantitative estimate of drug-likeness (QED) is 0.404. The van der Waals surface area contributed by atoms with E-state index in [-0.39, 0.29) is 29.4 Å². The van der Waals surface area contributed by atoms with Crippen molar-refractivity contribution in [3.8, 4) is 0 Å². The maximum atomic E-state index is 12.6. The summed E-state index contributed by atoms with van der Waals surface area (Å²) in [6.07, 6.45) is -4.30. The first-order valence-corrected chi connectivity index (χ1v) is 7.97. The molecule has 1 aliphatic heterocycles. The normalized spacial score (nSPS) is 16.6. The lowest BCUT2D eigenvalue weighted by molar-refractivity contribution is -0.137. The van der Waals surface area contributed by atoms with Gasteiger partial charge in [-0.15, -0.1) is 24.0 Å². The van der Waals surface area contributed by atoms with Crippen LogP contribution in [0.2, 0.25) is 0 Å². The van der Waals surface area contributed by atoms with E-state index in [1.165, 1.54) is 12.1 Å². The van der Waals surface area contributed by atoms with Crippen molar-refractivity contribution >= 4 is 29.9 Å². The molecule has 1 aromatic rings. The van der Waals surface area contributed by atoms with Crippen molar-refractivity contribution in [2.24, 2.45) is 10.4 Å². The standard InChI is InChI=1S/C17H24F3N3O.HI/c1-4-21-15(22-10-16(2)11-24-12-16)23(3)9-13-5-7-14(8-6-13)17(18,19)20;/h5-8H,4,9-12H2,1-3H3,(H,21,22);1H. The molecule has 0 radical (unpaired) electrons. The Hall–Kier alpha value is -1.03. The first-order valence-electron chi connectivity index (χ1n) is 7.97. The van der Waals surface area contributed by atoms with Gasteiger partial charge in [-0.1, -0.05) is 19.1 Å². The third-order valence-corrected chi connectivity index (χ3v) is 3.91. The number of halogens is 4. The number of hydrogen-bond donors (Lipinski definition) is 1. The fourth-order valence-electron chi connectivity index (χ4n) is 2.43. The number of guanidine groups is 1. The van der Waals surface area contributed by atoms with Crippen LogP contribution in [0.1, 0.15) is 25.0 Å². The van der Waals surface area contributed by atoms with Crippen molar-refractivity contribution < 1.29 is 17.9 Å². The predicted octanol–water partition coefficient (Wildman–Crippen LogP) is 3.76. The summed E-state index contributed by atoms with van der Waals surface area (Å²) in [5, 5.41) is 3.21. The zero-order valence-corrected chi connectivity index (χ0v) is 17.0. The van der Waals surface area contributed by atoms with Crippen LogP contribution >= 0.6 is 24.0 Å². The van der Waals surface area contributed by atoms with E-state index >= 15 is 0 Å². The second kappa shape index (κ2) is 9.07. The van der Waals surface area contributed by atoms with E-state index < -0.39 is 11.7 Å². The van der Waals surface area contributed by atoms with Crippen molar-refractivity contribution in [3.63, 3.8) is 0 Å². The molecule has 0 aromatic heterocycles. The summed E-state index contributed by atoms with van der Waals surface area (Å²) < 4.78 is 43.1. The van der Waals surface area contributed by atoms with Crippen LogP contribution < -0.4 is 5.32 Å². The molecule has 0 bridgehead atoms. The zero-order valence-electron chi connectivity index (χ0n) is 14.7. The third kappa shape index (κ3) is 6.32. The van der Waals surface area contributed by atoms with Crippen LogP contribution in [0.25, 0.3) is 0 Å². The summed E-state index contributed by atoms with van der Waals surface area (Å²) in [6.45, 7) is 7.39. The first-order chi connectivity index (χ1) is 11.2. The largest absolute Gasteiger partial charge is 0.416 e. The molecule has 2 rings (SSSR count). The monoisotopic (exact) mass is 471 g/mol. The van der Waals surface area contributed by atoms with Crippen molar-refractivity contribution in [3.05, 3.63) is 35.4 Å². The molecule has 8 heteroatoms. The highest BCUT2D eigenvalue weighted by atomic mass is 127. The average molecular weight is 471 g/mol. The topological polar surface area (TPSA) is 36.9 Å². The van der Waals surface area contributed by atoms with Crippen molar-refractivity contribution in [2.75, 3.05) is 33.4 Å². The molecule has 0 amide bonds. The molecule has 1 aromatic carbocycles. The number of aliphatic imine (C=N–C) groups is 1. The van der Waals surface area contributed by atoms with Gasteiger partial charge in [-0.05, 0) is 24.6 Å². The highest BCUT2D eigenvalue weighted by molar-refractivity contribution is 14.0. The minimum absolute atomic E-state index is 0. The maximum Gasteiger partial charge on any atom is 0.416 e. The van der Waals surface area contributed by atoms with Crippen molar-refractivity contribution in [1.82, 2.24) is 10.2 Å². The smallest absolute Gasteiger partial charge is 0.380 e. The second-order valence-corrected chi connectivity index (χ2v) is 6.52. The summed E-state index contributed by atoms with van der Waals surface area (Å²) in [5.74, 6) is 0.741. The molecule has 142 valence electrons. The molecule has 1 aliphatic rings. The summed E-state index contributed by atoms with van der Waals surface area (Å²) in [4.78, 5) is 6.54. The Morgan fingerprint density at radius 1 is 1.28 bits per heavy atom. The maximum absolute atomic E-state index is 12.6. The van der Waals surface area contributed by atoms with Crippen LogP contribution in [0.3, 0.4) is 0 Å². The lowest BCUT2D eigenvalue weighted by atomic mass is 9.89. The Balaban J connectivity index is 0.00000312. The van der Waals surface area contributed by atoms with Gasteiger partial charge in [0, 0.05) is 25.6 Å². The molecular weight excluding hydrogens is 446 g/mol. The lowest BCUT2D eigenvalue weighted by Crippen LogP contribution is -2.44. The van der Waals surface area contributed by atoms with Crippen LogP contribution in [0.5, 0.6) is 0 Å². The van der Waals surface area contributed by atoms with Crippen LogP contribution in [0.4, 0.5) is 13.2 Å². The van der Waals surface area contributed by atoms with E-state index in [0.29, 0.717) is 26.3 Å². The summed E-state index contributed by atoms with van der Waals surface area (Å²) >= 11 is 0. The summed E-state index contributed by atoms with van der Waals surface area (Å²) in [5.41, 5.74) is 0.247. The molecule has 0 unspecified atom stereocenters. The number of rotatable bonds is 5. The summed E-state index contributed by atoms with van der Waals surface area (Å²) in [7, 11) is 1.87. The minimum atomic E-state index is -4.30. The van der Waals surface area contributed by atoms with Crippen molar-refractivity contribution in [2.45, 2.75) is 26.6 Å². The van der Waals surface area contributed by atoms with Gasteiger partial charge in [0.25, 0.3) is 0 Å². The van der Waals surface area contributed by atoms with Gasteiger partial charge in [-0.25, -0.2) is 0 Å². The molecule has 0 aliphatic carbocycles. The molecule has 25 heavy (non-hydrogen) atoms. The number of benzene rings is 1. The van der Waals surface area contributed by atoms with Gasteiger partial charge in [0.15, 0.2) is 5.96 Å². The molecule has 1 saturated heterocycles. The number of nitrogens with zero attached hydrogens (tertiary/aromatic N) is 2. The zero-order chi connectivity index (χ0) is 17.8. The molecule has 4 nitrogen and oxygen atoms in total. The molecule has 1 N–H and O–H groups in total. The average Bonchev–Trinajstić information content (AvgIpc) is 2.49. The van der Waals surface area contributed by atoms with E-state index in [9.17, 15) is 13.2 Å². The third-order valence-electron chi connectivity index (χ3n) is 3.91. The number of ether oxygens (including phenoxy) is 1. The van der Waals surface area contributed by atoms with Gasteiger partial charge in [0.05, 0.1) is 25.3 Å². The van der Waals surface area contributed by atoms with Crippen LogP contribution in [-0.4, -0.2) is 44.2 Å². The number of hydrogen-bond acceptors (Lipinski definition) is 2. The summed E-state index contributed by atoms with van der Waals surface area (Å²) in [6, 6.07) is 5.23. The van der Waals surface area contributed by atoms with E-state index in [1.807, 2.05) is 18.9 Å². The van der Waals surface area contributed by atoms with Gasteiger partial charge in [-0.2, -0.15) is 13.2 Å².